The van der Waals surface area contributed by atoms with E-state index in [9.17, 15) is 0 Å². The van der Waals surface area contributed by atoms with Gasteiger partial charge in [-0.2, -0.15) is 0 Å². The summed E-state index contributed by atoms with van der Waals surface area (Å²) in [6, 6.07) is 8.43. The smallest absolute Gasteiger partial charge is 0.0406 e. The van der Waals surface area contributed by atoms with Crippen LogP contribution in [-0.2, 0) is 0 Å². The van der Waals surface area contributed by atoms with Crippen LogP contribution in [0.4, 0.5) is 0 Å². The lowest BCUT2D eigenvalue weighted by atomic mass is 9.71. The number of rotatable bonds is 3. The third-order valence-electron chi connectivity index (χ3n) is 4.12. The van der Waals surface area contributed by atoms with E-state index in [0.29, 0.717) is 16.7 Å². The van der Waals surface area contributed by atoms with Gasteiger partial charge in [-0.3, -0.25) is 0 Å². The molecule has 0 nitrogen and oxygen atoms in total. The van der Waals surface area contributed by atoms with Gasteiger partial charge in [-0.15, -0.1) is 0 Å². The van der Waals surface area contributed by atoms with Crippen molar-refractivity contribution in [2.75, 3.05) is 0 Å². The van der Waals surface area contributed by atoms with E-state index in [0.717, 1.165) is 5.02 Å². The maximum absolute atomic E-state index is 5.98. The van der Waals surface area contributed by atoms with Crippen LogP contribution in [0.3, 0.4) is 0 Å². The molecule has 17 heavy (non-hydrogen) atoms. The minimum absolute atomic E-state index is 0.319. The summed E-state index contributed by atoms with van der Waals surface area (Å²) in [5.74, 6) is 0.632. The van der Waals surface area contributed by atoms with Crippen LogP contribution in [0, 0.1) is 10.8 Å². The molecule has 2 rings (SSSR count). The minimum Gasteiger partial charge on any atom is -0.0843 e. The second-order valence-electron chi connectivity index (χ2n) is 6.98. The van der Waals surface area contributed by atoms with Crippen LogP contribution < -0.4 is 0 Å². The Morgan fingerprint density at radius 2 is 1.71 bits per heavy atom. The average Bonchev–Trinajstić information content (AvgIpc) is 2.94. The van der Waals surface area contributed by atoms with Crippen molar-refractivity contribution in [1.29, 1.82) is 0 Å². The second kappa shape index (κ2) is 4.31. The van der Waals surface area contributed by atoms with Crippen molar-refractivity contribution in [3.05, 3.63) is 34.9 Å². The number of benzene rings is 1. The monoisotopic (exact) mass is 250 g/mol. The Hall–Kier alpha value is -0.490. The first-order valence-electron chi connectivity index (χ1n) is 6.56. The molecular formula is C16H23Cl. The summed E-state index contributed by atoms with van der Waals surface area (Å²) in [5, 5.41) is 0.832. The molecule has 0 aliphatic heterocycles. The van der Waals surface area contributed by atoms with Gasteiger partial charge >= 0.3 is 0 Å². The van der Waals surface area contributed by atoms with Crippen molar-refractivity contribution in [3.8, 4) is 0 Å². The predicted molar refractivity (Wildman–Crippen MR) is 75.6 cm³/mol. The SMILES string of the molecule is CC1(CC(c2ccc(Cl)cc2)C(C)(C)C)CC1. The maximum atomic E-state index is 5.98. The zero-order valence-electron chi connectivity index (χ0n) is 11.4. The standard InChI is InChI=1S/C16H23Cl/c1-15(2,3)14(11-16(4)9-10-16)12-5-7-13(17)8-6-12/h5-8,14H,9-11H2,1-4H3. The molecule has 1 unspecified atom stereocenters. The van der Waals surface area contributed by atoms with Crippen LogP contribution >= 0.6 is 11.6 Å². The summed E-state index contributed by atoms with van der Waals surface area (Å²) < 4.78 is 0. The Labute approximate surface area is 110 Å². The van der Waals surface area contributed by atoms with E-state index in [1.165, 1.54) is 24.8 Å². The van der Waals surface area contributed by atoms with Gasteiger partial charge < -0.3 is 0 Å². The molecule has 0 spiro atoms. The van der Waals surface area contributed by atoms with E-state index in [-0.39, 0.29) is 0 Å². The molecule has 94 valence electrons. The van der Waals surface area contributed by atoms with Gasteiger partial charge in [-0.05, 0) is 53.7 Å². The molecule has 1 aliphatic carbocycles. The predicted octanol–water partition coefficient (Wildman–Crippen LogP) is 5.66. The molecule has 0 amide bonds. The molecule has 1 aliphatic rings. The Kier molecular flexibility index (Phi) is 3.29. The summed E-state index contributed by atoms with van der Waals surface area (Å²) in [4.78, 5) is 0. The normalized spacial score (nSPS) is 20.1. The van der Waals surface area contributed by atoms with Crippen LogP contribution in [0.1, 0.15) is 58.4 Å². The van der Waals surface area contributed by atoms with Crippen molar-refractivity contribution in [1.82, 2.24) is 0 Å². The fourth-order valence-corrected chi connectivity index (χ4v) is 2.66. The molecule has 0 saturated heterocycles. The molecule has 1 saturated carbocycles. The van der Waals surface area contributed by atoms with Gasteiger partial charge in [-0.1, -0.05) is 51.4 Å². The third-order valence-corrected chi connectivity index (χ3v) is 4.37. The van der Waals surface area contributed by atoms with Gasteiger partial charge in [0, 0.05) is 5.02 Å². The van der Waals surface area contributed by atoms with E-state index in [1.807, 2.05) is 12.1 Å². The molecule has 1 aromatic carbocycles. The van der Waals surface area contributed by atoms with Crippen molar-refractivity contribution >= 4 is 11.6 Å². The lowest BCUT2D eigenvalue weighted by molar-refractivity contribution is 0.266. The van der Waals surface area contributed by atoms with Gasteiger partial charge in [0.2, 0.25) is 0 Å². The highest BCUT2D eigenvalue weighted by molar-refractivity contribution is 6.30. The van der Waals surface area contributed by atoms with Crippen LogP contribution in [0.5, 0.6) is 0 Å². The van der Waals surface area contributed by atoms with Gasteiger partial charge in [0.25, 0.3) is 0 Å². The molecule has 1 atom stereocenters. The molecular weight excluding hydrogens is 228 g/mol. The fourth-order valence-electron chi connectivity index (χ4n) is 2.53. The van der Waals surface area contributed by atoms with Crippen LogP contribution in [0.2, 0.25) is 5.02 Å². The van der Waals surface area contributed by atoms with Crippen LogP contribution in [-0.4, -0.2) is 0 Å². The summed E-state index contributed by atoms with van der Waals surface area (Å²) in [5.41, 5.74) is 2.35. The lowest BCUT2D eigenvalue weighted by Gasteiger charge is -2.33. The first-order chi connectivity index (χ1) is 7.80. The van der Waals surface area contributed by atoms with E-state index in [2.05, 4.69) is 39.8 Å². The van der Waals surface area contributed by atoms with E-state index < -0.39 is 0 Å². The van der Waals surface area contributed by atoms with Gasteiger partial charge in [-0.25, -0.2) is 0 Å². The number of hydrogen-bond donors (Lipinski definition) is 0. The summed E-state index contributed by atoms with van der Waals surface area (Å²) in [7, 11) is 0. The Balaban J connectivity index is 2.23. The molecule has 0 radical (unpaired) electrons. The second-order valence-corrected chi connectivity index (χ2v) is 7.42. The molecule has 0 aromatic heterocycles. The maximum Gasteiger partial charge on any atom is 0.0406 e. The Morgan fingerprint density at radius 3 is 2.12 bits per heavy atom. The Bertz CT molecular complexity index is 379. The molecule has 0 N–H and O–H groups in total. The van der Waals surface area contributed by atoms with Crippen molar-refractivity contribution in [2.24, 2.45) is 10.8 Å². The van der Waals surface area contributed by atoms with E-state index in [4.69, 9.17) is 11.6 Å². The molecule has 1 aromatic rings. The summed E-state index contributed by atoms with van der Waals surface area (Å²) in [6.07, 6.45) is 4.10. The summed E-state index contributed by atoms with van der Waals surface area (Å²) >= 11 is 5.98. The summed E-state index contributed by atoms with van der Waals surface area (Å²) in [6.45, 7) is 9.45. The molecule has 1 heteroatoms. The van der Waals surface area contributed by atoms with E-state index >= 15 is 0 Å². The molecule has 0 heterocycles. The first-order valence-corrected chi connectivity index (χ1v) is 6.93. The largest absolute Gasteiger partial charge is 0.0843 e. The zero-order chi connectivity index (χ0) is 12.7. The van der Waals surface area contributed by atoms with Gasteiger partial charge in [0.15, 0.2) is 0 Å². The first kappa shape index (κ1) is 13.0. The molecule has 0 bridgehead atoms. The van der Waals surface area contributed by atoms with E-state index in [1.54, 1.807) is 0 Å². The lowest BCUT2D eigenvalue weighted by Crippen LogP contribution is -2.21. The topological polar surface area (TPSA) is 0 Å². The third kappa shape index (κ3) is 3.25. The highest BCUT2D eigenvalue weighted by Gasteiger charge is 2.42. The number of halogens is 1. The minimum atomic E-state index is 0.319. The highest BCUT2D eigenvalue weighted by Crippen LogP contribution is 2.55. The fraction of sp³-hybridized carbons (Fsp3) is 0.625. The number of hydrogen-bond acceptors (Lipinski definition) is 0. The zero-order valence-corrected chi connectivity index (χ0v) is 12.1. The average molecular weight is 251 g/mol. The molecule has 1 fully saturated rings. The Morgan fingerprint density at radius 1 is 1.18 bits per heavy atom. The van der Waals surface area contributed by atoms with Gasteiger partial charge in [0.05, 0.1) is 0 Å². The van der Waals surface area contributed by atoms with Crippen LogP contribution in [0.15, 0.2) is 24.3 Å². The van der Waals surface area contributed by atoms with Crippen molar-refractivity contribution in [3.63, 3.8) is 0 Å². The highest BCUT2D eigenvalue weighted by atomic mass is 35.5. The van der Waals surface area contributed by atoms with Crippen LogP contribution in [0.25, 0.3) is 0 Å². The van der Waals surface area contributed by atoms with Crippen molar-refractivity contribution in [2.45, 2.75) is 52.9 Å². The van der Waals surface area contributed by atoms with Crippen molar-refractivity contribution < 1.29 is 0 Å². The van der Waals surface area contributed by atoms with Gasteiger partial charge in [0.1, 0.15) is 0 Å². The quantitative estimate of drug-likeness (QED) is 0.649.